The van der Waals surface area contributed by atoms with E-state index >= 15 is 0 Å². The first kappa shape index (κ1) is 16.0. The molecule has 0 heterocycles. The molecule has 5 heteroatoms. The molecule has 3 N–H and O–H groups in total. The standard InChI is InChI=1S/C14H21BrN2O2/c1-5-11(13(18)17-16)19-12-7-6-9(8-10(12)15)14(2,3)4/h6-8,11H,5,16H2,1-4H3,(H,17,18). The molecule has 0 aliphatic heterocycles. The first-order valence-electron chi connectivity index (χ1n) is 6.26. The molecule has 0 radical (unpaired) electrons. The van der Waals surface area contributed by atoms with Crippen LogP contribution >= 0.6 is 15.9 Å². The Bertz CT molecular complexity index is 455. The lowest BCUT2D eigenvalue weighted by atomic mass is 9.87. The predicted octanol–water partition coefficient (Wildman–Crippen LogP) is 2.89. The van der Waals surface area contributed by atoms with Gasteiger partial charge >= 0.3 is 0 Å². The minimum absolute atomic E-state index is 0.0693. The van der Waals surface area contributed by atoms with E-state index in [1.165, 1.54) is 5.56 Å². The Morgan fingerprint density at radius 3 is 2.53 bits per heavy atom. The van der Waals surface area contributed by atoms with E-state index in [-0.39, 0.29) is 11.3 Å². The Labute approximate surface area is 122 Å². The van der Waals surface area contributed by atoms with Crippen molar-refractivity contribution in [3.8, 4) is 5.75 Å². The zero-order valence-electron chi connectivity index (χ0n) is 11.8. The number of nitrogens with one attached hydrogen (secondary N) is 1. The van der Waals surface area contributed by atoms with Crippen LogP contribution in [0.5, 0.6) is 5.75 Å². The smallest absolute Gasteiger partial charge is 0.274 e. The molecule has 1 atom stereocenters. The monoisotopic (exact) mass is 328 g/mol. The summed E-state index contributed by atoms with van der Waals surface area (Å²) < 4.78 is 6.51. The zero-order valence-corrected chi connectivity index (χ0v) is 13.4. The van der Waals surface area contributed by atoms with Gasteiger partial charge in [0.2, 0.25) is 0 Å². The van der Waals surface area contributed by atoms with Gasteiger partial charge in [-0.25, -0.2) is 5.84 Å². The Morgan fingerprint density at radius 1 is 1.47 bits per heavy atom. The van der Waals surface area contributed by atoms with E-state index in [4.69, 9.17) is 10.6 Å². The largest absolute Gasteiger partial charge is 0.479 e. The second kappa shape index (κ2) is 6.39. The summed E-state index contributed by atoms with van der Waals surface area (Å²) in [4.78, 5) is 11.5. The number of hydrogen-bond acceptors (Lipinski definition) is 3. The maximum absolute atomic E-state index is 11.5. The average Bonchev–Trinajstić information content (AvgIpc) is 2.35. The number of hydrogen-bond donors (Lipinski definition) is 2. The van der Waals surface area contributed by atoms with Crippen molar-refractivity contribution in [3.63, 3.8) is 0 Å². The van der Waals surface area contributed by atoms with Gasteiger partial charge in [-0.15, -0.1) is 0 Å². The van der Waals surface area contributed by atoms with Gasteiger partial charge in [0.05, 0.1) is 4.47 Å². The van der Waals surface area contributed by atoms with Crippen LogP contribution < -0.4 is 16.0 Å². The topological polar surface area (TPSA) is 64.3 Å². The van der Waals surface area contributed by atoms with Crippen molar-refractivity contribution >= 4 is 21.8 Å². The number of hydrazine groups is 1. The number of nitrogens with two attached hydrogens (primary N) is 1. The summed E-state index contributed by atoms with van der Waals surface area (Å²) in [6.07, 6.45) is -0.0296. The molecule has 1 unspecified atom stereocenters. The van der Waals surface area contributed by atoms with Crippen LogP contribution in [0.15, 0.2) is 22.7 Å². The molecule has 106 valence electrons. The van der Waals surface area contributed by atoms with Gasteiger partial charge < -0.3 is 4.74 Å². The lowest BCUT2D eigenvalue weighted by Gasteiger charge is -2.21. The molecule has 0 aliphatic carbocycles. The van der Waals surface area contributed by atoms with Crippen molar-refractivity contribution < 1.29 is 9.53 Å². The van der Waals surface area contributed by atoms with Gasteiger partial charge in [0.25, 0.3) is 5.91 Å². The quantitative estimate of drug-likeness (QED) is 0.507. The lowest BCUT2D eigenvalue weighted by Crippen LogP contribution is -2.41. The van der Waals surface area contributed by atoms with Crippen molar-refractivity contribution in [2.45, 2.75) is 45.6 Å². The molecule has 0 fully saturated rings. The molecule has 19 heavy (non-hydrogen) atoms. The molecule has 4 nitrogen and oxygen atoms in total. The molecular weight excluding hydrogens is 308 g/mol. The number of amides is 1. The van der Waals surface area contributed by atoms with Crippen molar-refractivity contribution in [1.29, 1.82) is 0 Å². The van der Waals surface area contributed by atoms with Crippen molar-refractivity contribution in [2.75, 3.05) is 0 Å². The summed E-state index contributed by atoms with van der Waals surface area (Å²) in [6.45, 7) is 8.31. The summed E-state index contributed by atoms with van der Waals surface area (Å²) in [5.74, 6) is 5.45. The van der Waals surface area contributed by atoms with Gasteiger partial charge in [-0.2, -0.15) is 0 Å². The maximum atomic E-state index is 11.5. The number of ether oxygens (including phenoxy) is 1. The van der Waals surface area contributed by atoms with E-state index in [2.05, 4.69) is 42.1 Å². The molecule has 0 aromatic heterocycles. The van der Waals surface area contributed by atoms with Crippen LogP contribution in [0, 0.1) is 0 Å². The predicted molar refractivity (Wildman–Crippen MR) is 79.9 cm³/mol. The molecule has 1 amide bonds. The highest BCUT2D eigenvalue weighted by molar-refractivity contribution is 9.10. The Kier molecular flexibility index (Phi) is 5.38. The summed E-state index contributed by atoms with van der Waals surface area (Å²) in [5, 5.41) is 0. The molecule has 0 aliphatic rings. The molecule has 0 bridgehead atoms. The highest BCUT2D eigenvalue weighted by Crippen LogP contribution is 2.32. The zero-order chi connectivity index (χ0) is 14.6. The summed E-state index contributed by atoms with van der Waals surface area (Å²) in [5.41, 5.74) is 3.38. The molecule has 0 spiro atoms. The van der Waals surface area contributed by atoms with Crippen LogP contribution in [0.4, 0.5) is 0 Å². The second-order valence-corrected chi connectivity index (χ2v) is 6.27. The molecule has 1 aromatic rings. The number of halogens is 1. The lowest BCUT2D eigenvalue weighted by molar-refractivity contribution is -0.128. The van der Waals surface area contributed by atoms with E-state index < -0.39 is 6.10 Å². The highest BCUT2D eigenvalue weighted by Gasteiger charge is 2.20. The van der Waals surface area contributed by atoms with E-state index in [0.29, 0.717) is 12.2 Å². The van der Waals surface area contributed by atoms with Gasteiger partial charge in [0.1, 0.15) is 5.75 Å². The molecule has 0 saturated carbocycles. The maximum Gasteiger partial charge on any atom is 0.274 e. The first-order chi connectivity index (χ1) is 8.79. The van der Waals surface area contributed by atoms with Gasteiger partial charge in [-0.1, -0.05) is 33.8 Å². The van der Waals surface area contributed by atoms with Crippen LogP contribution in [0.3, 0.4) is 0 Å². The van der Waals surface area contributed by atoms with Crippen molar-refractivity contribution in [1.82, 2.24) is 5.43 Å². The Morgan fingerprint density at radius 2 is 2.11 bits per heavy atom. The van der Waals surface area contributed by atoms with Crippen LogP contribution in [0.2, 0.25) is 0 Å². The minimum Gasteiger partial charge on any atom is -0.479 e. The highest BCUT2D eigenvalue weighted by atomic mass is 79.9. The first-order valence-corrected chi connectivity index (χ1v) is 7.06. The number of carbonyl (C=O) groups excluding carboxylic acids is 1. The summed E-state index contributed by atoms with van der Waals surface area (Å²) in [6, 6.07) is 5.90. The molecule has 0 saturated heterocycles. The third-order valence-corrected chi connectivity index (χ3v) is 3.49. The fraction of sp³-hybridized carbons (Fsp3) is 0.500. The van der Waals surface area contributed by atoms with E-state index in [1.807, 2.05) is 25.1 Å². The normalized spacial score (nSPS) is 12.9. The number of carbonyl (C=O) groups is 1. The van der Waals surface area contributed by atoms with Gasteiger partial charge in [0.15, 0.2) is 6.10 Å². The van der Waals surface area contributed by atoms with Gasteiger partial charge in [-0.05, 0) is 45.5 Å². The van der Waals surface area contributed by atoms with Crippen LogP contribution in [-0.4, -0.2) is 12.0 Å². The molecule has 1 aromatic carbocycles. The Hall–Kier alpha value is -1.07. The number of benzene rings is 1. The molecular formula is C14H21BrN2O2. The van der Waals surface area contributed by atoms with Crippen LogP contribution in [-0.2, 0) is 10.2 Å². The van der Waals surface area contributed by atoms with Gasteiger partial charge in [-0.3, -0.25) is 10.2 Å². The van der Waals surface area contributed by atoms with Crippen LogP contribution in [0.25, 0.3) is 0 Å². The van der Waals surface area contributed by atoms with E-state index in [1.54, 1.807) is 0 Å². The van der Waals surface area contributed by atoms with Crippen molar-refractivity contribution in [2.24, 2.45) is 5.84 Å². The third kappa shape index (κ3) is 4.21. The number of rotatable bonds is 4. The fourth-order valence-corrected chi connectivity index (χ4v) is 2.10. The summed E-state index contributed by atoms with van der Waals surface area (Å²) >= 11 is 3.48. The van der Waals surface area contributed by atoms with E-state index in [0.717, 1.165) is 4.47 Å². The fourth-order valence-electron chi connectivity index (χ4n) is 1.63. The summed E-state index contributed by atoms with van der Waals surface area (Å²) in [7, 11) is 0. The van der Waals surface area contributed by atoms with Crippen molar-refractivity contribution in [3.05, 3.63) is 28.2 Å². The third-order valence-electron chi connectivity index (χ3n) is 2.87. The Balaban J connectivity index is 2.94. The molecule has 1 rings (SSSR count). The average molecular weight is 329 g/mol. The van der Waals surface area contributed by atoms with Crippen LogP contribution in [0.1, 0.15) is 39.7 Å². The van der Waals surface area contributed by atoms with E-state index in [9.17, 15) is 4.79 Å². The minimum atomic E-state index is -0.582. The van der Waals surface area contributed by atoms with Gasteiger partial charge in [0, 0.05) is 0 Å². The SMILES string of the molecule is CCC(Oc1ccc(C(C)(C)C)cc1Br)C(=O)NN. The second-order valence-electron chi connectivity index (χ2n) is 5.42.